The van der Waals surface area contributed by atoms with E-state index in [0.29, 0.717) is 15.8 Å². The number of ether oxygens (including phenoxy) is 2. The average Bonchev–Trinajstić information content (AvgIpc) is 2.58. The van der Waals surface area contributed by atoms with Gasteiger partial charge in [-0.3, -0.25) is 9.59 Å². The second kappa shape index (κ2) is 9.15. The van der Waals surface area contributed by atoms with Gasteiger partial charge in [0.2, 0.25) is 0 Å². The number of halogens is 2. The Hall–Kier alpha value is -2.24. The zero-order chi connectivity index (χ0) is 17.4. The van der Waals surface area contributed by atoms with Crippen LogP contribution in [0.4, 0.5) is 0 Å². The van der Waals surface area contributed by atoms with Crippen LogP contribution in [0.25, 0.3) is 0 Å². The summed E-state index contributed by atoms with van der Waals surface area (Å²) in [6.07, 6.45) is 0. The molecular weight excluding hydrogens is 353 g/mol. The Morgan fingerprint density at radius 1 is 1.04 bits per heavy atom. The van der Waals surface area contributed by atoms with Crippen molar-refractivity contribution in [3.63, 3.8) is 0 Å². The summed E-state index contributed by atoms with van der Waals surface area (Å²) in [5, 5.41) is 3.19. The molecule has 126 valence electrons. The predicted octanol–water partition coefficient (Wildman–Crippen LogP) is 3.23. The van der Waals surface area contributed by atoms with E-state index in [4.69, 9.17) is 32.7 Å². The molecule has 0 bridgehead atoms. The van der Waals surface area contributed by atoms with Gasteiger partial charge in [-0.25, -0.2) is 0 Å². The van der Waals surface area contributed by atoms with Crippen LogP contribution < -0.4 is 10.1 Å². The zero-order valence-corrected chi connectivity index (χ0v) is 14.1. The third kappa shape index (κ3) is 6.10. The molecule has 0 fully saturated rings. The zero-order valence-electron chi connectivity index (χ0n) is 12.6. The Balaban J connectivity index is 1.68. The third-order valence-corrected chi connectivity index (χ3v) is 3.46. The summed E-state index contributed by atoms with van der Waals surface area (Å²) in [6.45, 7) is -0.344. The molecule has 1 N–H and O–H groups in total. The van der Waals surface area contributed by atoms with Gasteiger partial charge >= 0.3 is 5.97 Å². The monoisotopic (exact) mass is 367 g/mol. The Labute approximate surface area is 149 Å². The first-order chi connectivity index (χ1) is 11.5. The van der Waals surface area contributed by atoms with E-state index in [1.165, 1.54) is 6.07 Å². The third-order valence-electron chi connectivity index (χ3n) is 2.93. The van der Waals surface area contributed by atoms with Crippen molar-refractivity contribution in [2.45, 2.75) is 6.61 Å². The van der Waals surface area contributed by atoms with E-state index in [0.717, 1.165) is 5.56 Å². The summed E-state index contributed by atoms with van der Waals surface area (Å²) >= 11 is 11.7. The maximum Gasteiger partial charge on any atom is 0.325 e. The molecule has 2 rings (SSSR count). The van der Waals surface area contributed by atoms with Gasteiger partial charge in [-0.15, -0.1) is 0 Å². The highest BCUT2D eigenvalue weighted by molar-refractivity contribution is 6.35. The lowest BCUT2D eigenvalue weighted by molar-refractivity contribution is -0.145. The second-order valence-electron chi connectivity index (χ2n) is 4.79. The Bertz CT molecular complexity index is 707. The summed E-state index contributed by atoms with van der Waals surface area (Å²) in [6, 6.07) is 13.9. The summed E-state index contributed by atoms with van der Waals surface area (Å²) < 4.78 is 10.3. The van der Waals surface area contributed by atoms with Crippen molar-refractivity contribution < 1.29 is 19.1 Å². The molecule has 2 aromatic rings. The molecule has 2 aromatic carbocycles. The fourth-order valence-corrected chi connectivity index (χ4v) is 2.21. The number of hydrogen-bond donors (Lipinski definition) is 1. The highest BCUT2D eigenvalue weighted by Gasteiger charge is 2.09. The van der Waals surface area contributed by atoms with E-state index in [-0.39, 0.29) is 19.8 Å². The molecule has 5 nitrogen and oxygen atoms in total. The van der Waals surface area contributed by atoms with Crippen molar-refractivity contribution in [3.05, 3.63) is 64.1 Å². The largest absolute Gasteiger partial charge is 0.482 e. The van der Waals surface area contributed by atoms with Crippen molar-refractivity contribution in [1.82, 2.24) is 5.32 Å². The number of carbonyl (C=O) groups excluding carboxylic acids is 2. The standard InChI is InChI=1S/C17H15Cl2NO4/c18-13-6-7-15(14(19)8-13)23-11-16(21)20-9-17(22)24-10-12-4-2-1-3-5-12/h1-8H,9-11H2,(H,20,21). The molecule has 0 aliphatic heterocycles. The summed E-state index contributed by atoms with van der Waals surface area (Å²) in [7, 11) is 0. The molecule has 0 saturated heterocycles. The lowest BCUT2D eigenvalue weighted by atomic mass is 10.2. The van der Waals surface area contributed by atoms with Crippen molar-refractivity contribution in [1.29, 1.82) is 0 Å². The van der Waals surface area contributed by atoms with Crippen molar-refractivity contribution in [3.8, 4) is 5.75 Å². The quantitative estimate of drug-likeness (QED) is 0.763. The maximum atomic E-state index is 11.7. The Kier molecular flexibility index (Phi) is 6.90. The van der Waals surface area contributed by atoms with E-state index >= 15 is 0 Å². The minimum atomic E-state index is -0.531. The highest BCUT2D eigenvalue weighted by atomic mass is 35.5. The number of benzene rings is 2. The van der Waals surface area contributed by atoms with E-state index in [1.807, 2.05) is 30.3 Å². The molecule has 0 aromatic heterocycles. The molecule has 7 heteroatoms. The average molecular weight is 368 g/mol. The Morgan fingerprint density at radius 2 is 1.79 bits per heavy atom. The fourth-order valence-electron chi connectivity index (χ4n) is 1.75. The van der Waals surface area contributed by atoms with Crippen LogP contribution in [0.3, 0.4) is 0 Å². The molecule has 0 unspecified atom stereocenters. The number of hydrogen-bond acceptors (Lipinski definition) is 4. The van der Waals surface area contributed by atoms with Gasteiger partial charge in [0, 0.05) is 5.02 Å². The molecule has 1 amide bonds. The van der Waals surface area contributed by atoms with Gasteiger partial charge < -0.3 is 14.8 Å². The fraction of sp³-hybridized carbons (Fsp3) is 0.176. The predicted molar refractivity (Wildman–Crippen MR) is 91.2 cm³/mol. The van der Waals surface area contributed by atoms with Crippen molar-refractivity contribution in [2.75, 3.05) is 13.2 Å². The Morgan fingerprint density at radius 3 is 2.50 bits per heavy atom. The minimum Gasteiger partial charge on any atom is -0.482 e. The highest BCUT2D eigenvalue weighted by Crippen LogP contribution is 2.27. The summed E-state index contributed by atoms with van der Waals surface area (Å²) in [4.78, 5) is 23.2. The van der Waals surface area contributed by atoms with Gasteiger partial charge in [-0.05, 0) is 23.8 Å². The topological polar surface area (TPSA) is 64.6 Å². The van der Waals surface area contributed by atoms with Crippen LogP contribution in [0, 0.1) is 0 Å². The van der Waals surface area contributed by atoms with Crippen LogP contribution in [0.2, 0.25) is 10.0 Å². The number of esters is 1. The molecule has 0 aliphatic carbocycles. The van der Waals surface area contributed by atoms with Gasteiger partial charge in [0.25, 0.3) is 5.91 Å². The van der Waals surface area contributed by atoms with Crippen molar-refractivity contribution in [2.24, 2.45) is 0 Å². The molecule has 0 saturated carbocycles. The van der Waals surface area contributed by atoms with Crippen LogP contribution in [-0.4, -0.2) is 25.0 Å². The molecule has 0 spiro atoms. The lowest BCUT2D eigenvalue weighted by Crippen LogP contribution is -2.34. The van der Waals surface area contributed by atoms with Gasteiger partial charge in [-0.2, -0.15) is 0 Å². The first-order valence-electron chi connectivity index (χ1n) is 7.08. The number of nitrogens with one attached hydrogen (secondary N) is 1. The lowest BCUT2D eigenvalue weighted by Gasteiger charge is -2.09. The molecule has 0 radical (unpaired) electrons. The first kappa shape index (κ1) is 18.1. The van der Waals surface area contributed by atoms with Crippen molar-refractivity contribution >= 4 is 35.1 Å². The van der Waals surface area contributed by atoms with Crippen LogP contribution in [0.15, 0.2) is 48.5 Å². The smallest absolute Gasteiger partial charge is 0.325 e. The summed E-state index contributed by atoms with van der Waals surface area (Å²) in [5.41, 5.74) is 0.873. The van der Waals surface area contributed by atoms with Crippen LogP contribution in [-0.2, 0) is 20.9 Å². The van der Waals surface area contributed by atoms with Gasteiger partial charge in [-0.1, -0.05) is 53.5 Å². The first-order valence-corrected chi connectivity index (χ1v) is 7.84. The molecule has 0 heterocycles. The number of amides is 1. The summed E-state index contributed by atoms with van der Waals surface area (Å²) in [5.74, 6) is -0.655. The van der Waals surface area contributed by atoms with Crippen LogP contribution >= 0.6 is 23.2 Å². The van der Waals surface area contributed by atoms with Crippen LogP contribution in [0.1, 0.15) is 5.56 Å². The molecule has 0 aliphatic rings. The molecule has 0 atom stereocenters. The maximum absolute atomic E-state index is 11.7. The van der Waals surface area contributed by atoms with Gasteiger partial charge in [0.05, 0.1) is 5.02 Å². The molecular formula is C17H15Cl2NO4. The minimum absolute atomic E-state index is 0.159. The van der Waals surface area contributed by atoms with E-state index in [1.54, 1.807) is 12.1 Å². The SMILES string of the molecule is O=C(COc1ccc(Cl)cc1Cl)NCC(=O)OCc1ccccc1. The van der Waals surface area contributed by atoms with E-state index in [9.17, 15) is 9.59 Å². The van der Waals surface area contributed by atoms with Gasteiger partial charge in [0.15, 0.2) is 6.61 Å². The molecule has 24 heavy (non-hydrogen) atoms. The number of carbonyl (C=O) groups is 2. The van der Waals surface area contributed by atoms with Gasteiger partial charge in [0.1, 0.15) is 18.9 Å². The van der Waals surface area contributed by atoms with E-state index in [2.05, 4.69) is 5.32 Å². The number of rotatable bonds is 7. The second-order valence-corrected chi connectivity index (χ2v) is 5.63. The normalized spacial score (nSPS) is 10.1. The van der Waals surface area contributed by atoms with E-state index < -0.39 is 11.9 Å². The van der Waals surface area contributed by atoms with Crippen LogP contribution in [0.5, 0.6) is 5.75 Å².